The van der Waals surface area contributed by atoms with Gasteiger partial charge in [0.1, 0.15) is 63.3 Å². The van der Waals surface area contributed by atoms with Crippen LogP contribution < -0.4 is 19.7 Å². The van der Waals surface area contributed by atoms with Crippen LogP contribution in [0.1, 0.15) is 81.3 Å². The highest BCUT2D eigenvalue weighted by Crippen LogP contribution is 2.49. The molecule has 13 nitrogen and oxygen atoms in total. The van der Waals surface area contributed by atoms with Crippen LogP contribution in [0.3, 0.4) is 0 Å². The van der Waals surface area contributed by atoms with Crippen molar-refractivity contribution in [3.05, 3.63) is 177 Å². The molecule has 2 unspecified atom stereocenters. The van der Waals surface area contributed by atoms with Crippen LogP contribution in [0.25, 0.3) is 22.8 Å². The number of Topliss-reactive ketones (excluding diaryl/α,β-unsaturated/α-hetero) is 1. The molecular formula is C49H42F6N8O5+2. The van der Waals surface area contributed by atoms with Gasteiger partial charge in [-0.1, -0.05) is 109 Å². The minimum Gasteiger partial charge on any atom is -0.507 e. The number of hydrogen-bond donors (Lipinski definition) is 4. The van der Waals surface area contributed by atoms with Gasteiger partial charge in [0, 0.05) is 23.0 Å². The minimum absolute atomic E-state index is 0.292. The Morgan fingerprint density at radius 1 is 0.559 bits per heavy atom. The predicted molar refractivity (Wildman–Crippen MR) is 232 cm³/mol. The lowest BCUT2D eigenvalue weighted by atomic mass is 9.83. The Kier molecular flexibility index (Phi) is 13.2. The maximum atomic E-state index is 14.6. The van der Waals surface area contributed by atoms with E-state index >= 15 is 0 Å². The van der Waals surface area contributed by atoms with Crippen molar-refractivity contribution < 1.29 is 61.0 Å². The molecule has 6 N–H and O–H groups in total. The second-order valence-electron chi connectivity index (χ2n) is 16.1. The van der Waals surface area contributed by atoms with Crippen LogP contribution in [0, 0.1) is 0 Å². The number of phenolic OH excluding ortho intramolecular Hbond substituents is 2. The average molecular weight is 937 g/mol. The van der Waals surface area contributed by atoms with Gasteiger partial charge in [0.2, 0.25) is 0 Å². The largest absolute Gasteiger partial charge is 0.507 e. The Labute approximate surface area is 383 Å². The predicted octanol–water partition coefficient (Wildman–Crippen LogP) is 9.15. The van der Waals surface area contributed by atoms with E-state index in [-0.39, 0.29) is 13.2 Å². The lowest BCUT2D eigenvalue weighted by Crippen LogP contribution is -2.19. The highest BCUT2D eigenvalue weighted by molar-refractivity contribution is 5.92. The third-order valence-electron chi connectivity index (χ3n) is 11.5. The summed E-state index contributed by atoms with van der Waals surface area (Å²) in [4.78, 5) is 13.8. The quantitative estimate of drug-likeness (QED) is 0.0686. The first kappa shape index (κ1) is 46.4. The van der Waals surface area contributed by atoms with E-state index in [4.69, 9.17) is 9.47 Å². The van der Waals surface area contributed by atoms with Gasteiger partial charge in [-0.2, -0.15) is 36.5 Å². The van der Waals surface area contributed by atoms with E-state index in [1.165, 1.54) is 13.8 Å². The molecule has 0 spiro atoms. The Hall–Kier alpha value is -8.09. The first-order valence-electron chi connectivity index (χ1n) is 21.1. The molecule has 8 aromatic rings. The number of H-pyrrole nitrogens is 4. The first-order chi connectivity index (χ1) is 32.5. The SMILES string of the molecule is CC(C(=O)C(C)c1ccc(OCc2ccc(Cc3cccc(-c4nn[nH][nH+]4)c3)cc2)c(C(F)(F)F)c1O)c1ccc(OCc2ccc(Cc3cccc(-c4nn[nH][nH+]4)c3)cc2)c(C(F)(F)F)c1O. The van der Waals surface area contributed by atoms with Gasteiger partial charge in [0.05, 0.1) is 11.1 Å². The van der Waals surface area contributed by atoms with E-state index in [0.717, 1.165) is 57.6 Å². The van der Waals surface area contributed by atoms with Gasteiger partial charge >= 0.3 is 24.0 Å². The maximum absolute atomic E-state index is 14.6. The van der Waals surface area contributed by atoms with Crippen molar-refractivity contribution in [3.63, 3.8) is 0 Å². The fourth-order valence-electron chi connectivity index (χ4n) is 7.92. The second kappa shape index (κ2) is 19.4. The van der Waals surface area contributed by atoms with E-state index in [1.807, 2.05) is 72.8 Å². The molecule has 68 heavy (non-hydrogen) atoms. The summed E-state index contributed by atoms with van der Waals surface area (Å²) in [5, 5.41) is 48.2. The van der Waals surface area contributed by atoms with Gasteiger partial charge in [0.15, 0.2) is 10.4 Å². The summed E-state index contributed by atoms with van der Waals surface area (Å²) in [5.74, 6) is -6.59. The fraction of sp³-hybridized carbons (Fsp3) is 0.204. The zero-order valence-corrected chi connectivity index (χ0v) is 36.2. The van der Waals surface area contributed by atoms with Crippen molar-refractivity contribution in [1.29, 1.82) is 0 Å². The van der Waals surface area contributed by atoms with Gasteiger partial charge in [-0.05, 0) is 82.6 Å². The van der Waals surface area contributed by atoms with Crippen LogP contribution in [0.2, 0.25) is 0 Å². The third kappa shape index (κ3) is 10.5. The topological polar surface area (TPSA) is 187 Å². The van der Waals surface area contributed by atoms with Crippen molar-refractivity contribution in [3.8, 4) is 45.8 Å². The van der Waals surface area contributed by atoms with E-state index < -0.39 is 75.2 Å². The number of nitrogens with zero attached hydrogens (tertiary/aromatic N) is 4. The number of nitrogens with one attached hydrogen (secondary N) is 4. The molecule has 19 heteroatoms. The number of aromatic nitrogens is 8. The Morgan fingerprint density at radius 2 is 0.941 bits per heavy atom. The number of carbonyl (C=O) groups is 1. The van der Waals surface area contributed by atoms with Gasteiger partial charge in [-0.3, -0.25) is 4.79 Å². The highest BCUT2D eigenvalue weighted by Gasteiger charge is 2.42. The molecule has 0 saturated heterocycles. The summed E-state index contributed by atoms with van der Waals surface area (Å²) in [7, 11) is 0. The molecule has 2 aromatic heterocycles. The van der Waals surface area contributed by atoms with Crippen molar-refractivity contribution in [2.75, 3.05) is 0 Å². The minimum atomic E-state index is -5.13. The molecule has 2 atom stereocenters. The van der Waals surface area contributed by atoms with Crippen LogP contribution in [-0.2, 0) is 43.2 Å². The van der Waals surface area contributed by atoms with Gasteiger partial charge in [0.25, 0.3) is 0 Å². The summed E-state index contributed by atoms with van der Waals surface area (Å²) in [6.07, 6.45) is -9.15. The number of phenols is 2. The molecule has 0 aliphatic heterocycles. The molecule has 0 bridgehead atoms. The van der Waals surface area contributed by atoms with Crippen LogP contribution in [0.15, 0.2) is 121 Å². The zero-order chi connectivity index (χ0) is 48.2. The number of hydrogen-bond acceptors (Lipinski definition) is 9. The van der Waals surface area contributed by atoms with E-state index in [0.29, 0.717) is 35.6 Å². The number of carbonyl (C=O) groups excluding carboxylic acids is 1. The molecule has 2 heterocycles. The van der Waals surface area contributed by atoms with Crippen molar-refractivity contribution in [2.45, 2.75) is 64.1 Å². The van der Waals surface area contributed by atoms with Crippen LogP contribution in [-0.4, -0.2) is 47.0 Å². The first-order valence-corrected chi connectivity index (χ1v) is 21.1. The summed E-state index contributed by atoms with van der Waals surface area (Å²) in [6, 6.07) is 33.5. The van der Waals surface area contributed by atoms with Crippen molar-refractivity contribution in [2.24, 2.45) is 0 Å². The summed E-state index contributed by atoms with van der Waals surface area (Å²) >= 11 is 0. The Balaban J connectivity index is 0.928. The van der Waals surface area contributed by atoms with E-state index in [2.05, 4.69) is 41.2 Å². The lowest BCUT2D eigenvalue weighted by Gasteiger charge is -2.23. The molecule has 0 amide bonds. The highest BCUT2D eigenvalue weighted by atomic mass is 19.4. The van der Waals surface area contributed by atoms with E-state index in [9.17, 15) is 41.4 Å². The second-order valence-corrected chi connectivity index (χ2v) is 16.1. The molecule has 0 saturated carbocycles. The maximum Gasteiger partial charge on any atom is 0.423 e. The van der Waals surface area contributed by atoms with Crippen molar-refractivity contribution in [1.82, 2.24) is 31.1 Å². The normalized spacial score (nSPS) is 12.7. The molecular weight excluding hydrogens is 895 g/mol. The molecule has 0 radical (unpaired) electrons. The Bertz CT molecular complexity index is 2820. The van der Waals surface area contributed by atoms with Crippen LogP contribution in [0.4, 0.5) is 26.3 Å². The van der Waals surface area contributed by atoms with Crippen molar-refractivity contribution >= 4 is 5.78 Å². The number of aromatic hydroxyl groups is 2. The molecule has 0 aliphatic rings. The van der Waals surface area contributed by atoms with Gasteiger partial charge in [-0.15, -0.1) is 0 Å². The summed E-state index contributed by atoms with van der Waals surface area (Å²) in [6.45, 7) is 1.86. The molecule has 348 valence electrons. The monoisotopic (exact) mass is 936 g/mol. The number of benzene rings is 6. The molecule has 6 aromatic carbocycles. The lowest BCUT2D eigenvalue weighted by molar-refractivity contribution is -0.444. The number of ether oxygens (including phenoxy) is 2. The van der Waals surface area contributed by atoms with Gasteiger partial charge < -0.3 is 19.7 Å². The fourth-order valence-corrected chi connectivity index (χ4v) is 7.92. The van der Waals surface area contributed by atoms with Crippen LogP contribution >= 0.6 is 0 Å². The number of tetrazole rings is 2. The summed E-state index contributed by atoms with van der Waals surface area (Å²) in [5.41, 5.74) is 2.63. The van der Waals surface area contributed by atoms with Gasteiger partial charge in [-0.25, -0.2) is 0 Å². The number of aromatic amines is 4. The third-order valence-corrected chi connectivity index (χ3v) is 11.5. The number of halogens is 6. The van der Waals surface area contributed by atoms with Crippen LogP contribution in [0.5, 0.6) is 23.0 Å². The molecule has 0 aliphatic carbocycles. The summed E-state index contributed by atoms with van der Waals surface area (Å²) < 4.78 is 98.5. The smallest absolute Gasteiger partial charge is 0.423 e. The van der Waals surface area contributed by atoms with E-state index in [1.54, 1.807) is 24.3 Å². The average Bonchev–Trinajstić information content (AvgIpc) is 4.07. The standard InChI is InChI=1S/C49H40F6N8O5/c1-27(37-17-19-39(41(44(37)65)48(50,51)52)67-25-31-13-9-29(10-14-31)21-33-5-3-7-35(23-33)46-56-60-61-57-46)43(64)28(2)38-18-20-40(42(45(38)66)49(53,54)55)68-26-32-15-11-30(12-16-32)22-34-6-4-8-36(24-34)47-58-62-63-59-47/h3-20,23-24,27-28,65-66H,21-22,25-26H2,1-2H3,(H,56,57,60,61)(H,58,59,62,63)/p+2. The Morgan fingerprint density at radius 3 is 1.29 bits per heavy atom. The number of rotatable bonds is 16. The number of ketones is 1. The number of alkyl halides is 6. The molecule has 0 fully saturated rings. The molecule has 8 rings (SSSR count). The zero-order valence-electron chi connectivity index (χ0n) is 36.2.